The van der Waals surface area contributed by atoms with Crippen molar-refractivity contribution in [1.82, 2.24) is 4.90 Å². The number of amides is 1. The van der Waals surface area contributed by atoms with Gasteiger partial charge in [0.2, 0.25) is 5.91 Å². The van der Waals surface area contributed by atoms with E-state index in [1.165, 1.54) is 5.69 Å². The van der Waals surface area contributed by atoms with Gasteiger partial charge in [-0.05, 0) is 18.6 Å². The van der Waals surface area contributed by atoms with Gasteiger partial charge < -0.3 is 15.5 Å². The molecular formula is C16H25N3O. The molecule has 1 aromatic rings. The summed E-state index contributed by atoms with van der Waals surface area (Å²) in [5.41, 5.74) is 6.97. The number of para-hydroxylation sites is 1. The van der Waals surface area contributed by atoms with Crippen LogP contribution < -0.4 is 10.6 Å². The maximum Gasteiger partial charge on any atom is 0.227 e. The molecule has 0 aliphatic carbocycles. The van der Waals surface area contributed by atoms with Crippen molar-refractivity contribution in [2.24, 2.45) is 11.7 Å². The van der Waals surface area contributed by atoms with Gasteiger partial charge in [-0.1, -0.05) is 31.5 Å². The average molecular weight is 275 g/mol. The molecule has 1 amide bonds. The number of anilines is 1. The SMILES string of the molecule is CCCC(CN)C(=O)N1CCN(c2ccccc2)CC1. The molecule has 20 heavy (non-hydrogen) atoms. The van der Waals surface area contributed by atoms with Gasteiger partial charge >= 0.3 is 0 Å². The summed E-state index contributed by atoms with van der Waals surface area (Å²) in [5.74, 6) is 0.241. The van der Waals surface area contributed by atoms with Gasteiger partial charge in [-0.2, -0.15) is 0 Å². The number of carbonyl (C=O) groups is 1. The second-order valence-electron chi connectivity index (χ2n) is 5.37. The molecule has 2 N–H and O–H groups in total. The quantitative estimate of drug-likeness (QED) is 0.890. The number of benzene rings is 1. The summed E-state index contributed by atoms with van der Waals surface area (Å²) < 4.78 is 0. The van der Waals surface area contributed by atoms with Gasteiger partial charge in [-0.3, -0.25) is 4.79 Å². The molecule has 1 aliphatic rings. The van der Waals surface area contributed by atoms with Crippen LogP contribution in [0, 0.1) is 5.92 Å². The van der Waals surface area contributed by atoms with E-state index >= 15 is 0 Å². The zero-order valence-electron chi connectivity index (χ0n) is 12.3. The highest BCUT2D eigenvalue weighted by Crippen LogP contribution is 2.17. The normalized spacial score (nSPS) is 17.1. The number of hydrogen-bond donors (Lipinski definition) is 1. The van der Waals surface area contributed by atoms with Crippen LogP contribution in [-0.4, -0.2) is 43.5 Å². The van der Waals surface area contributed by atoms with E-state index in [9.17, 15) is 4.79 Å². The highest BCUT2D eigenvalue weighted by molar-refractivity contribution is 5.79. The van der Waals surface area contributed by atoms with Crippen LogP contribution >= 0.6 is 0 Å². The summed E-state index contributed by atoms with van der Waals surface area (Å²) in [6, 6.07) is 10.4. The molecule has 0 saturated carbocycles. The standard InChI is InChI=1S/C16H25N3O/c1-2-6-14(13-17)16(20)19-11-9-18(10-12-19)15-7-4-3-5-8-15/h3-5,7-8,14H,2,6,9-13,17H2,1H3. The number of nitrogens with zero attached hydrogens (tertiary/aromatic N) is 2. The minimum Gasteiger partial charge on any atom is -0.368 e. The Morgan fingerprint density at radius 1 is 1.20 bits per heavy atom. The number of carbonyl (C=O) groups excluding carboxylic acids is 1. The van der Waals surface area contributed by atoms with Gasteiger partial charge in [-0.15, -0.1) is 0 Å². The molecule has 110 valence electrons. The predicted octanol–water partition coefficient (Wildman–Crippen LogP) is 1.71. The van der Waals surface area contributed by atoms with E-state index in [2.05, 4.69) is 36.1 Å². The molecule has 4 heteroatoms. The van der Waals surface area contributed by atoms with Crippen LogP contribution in [0.3, 0.4) is 0 Å². The van der Waals surface area contributed by atoms with Crippen molar-refractivity contribution in [3.63, 3.8) is 0 Å². The Kier molecular flexibility index (Phi) is 5.41. The van der Waals surface area contributed by atoms with E-state index in [0.717, 1.165) is 39.0 Å². The molecule has 1 saturated heterocycles. The zero-order valence-corrected chi connectivity index (χ0v) is 12.3. The van der Waals surface area contributed by atoms with E-state index in [1.54, 1.807) is 0 Å². The third-order valence-corrected chi connectivity index (χ3v) is 3.98. The van der Waals surface area contributed by atoms with Crippen LogP contribution in [-0.2, 0) is 4.79 Å². The van der Waals surface area contributed by atoms with Gasteiger partial charge in [0.25, 0.3) is 0 Å². The van der Waals surface area contributed by atoms with Gasteiger partial charge in [0.05, 0.1) is 5.92 Å². The maximum atomic E-state index is 12.4. The largest absolute Gasteiger partial charge is 0.368 e. The third-order valence-electron chi connectivity index (χ3n) is 3.98. The highest BCUT2D eigenvalue weighted by Gasteiger charge is 2.26. The monoisotopic (exact) mass is 275 g/mol. The van der Waals surface area contributed by atoms with Crippen molar-refractivity contribution in [2.75, 3.05) is 37.6 Å². The average Bonchev–Trinajstić information content (AvgIpc) is 2.53. The molecule has 4 nitrogen and oxygen atoms in total. The first-order valence-electron chi connectivity index (χ1n) is 7.55. The van der Waals surface area contributed by atoms with Crippen molar-refractivity contribution in [2.45, 2.75) is 19.8 Å². The zero-order chi connectivity index (χ0) is 14.4. The van der Waals surface area contributed by atoms with Crippen LogP contribution in [0.5, 0.6) is 0 Å². The number of rotatable bonds is 5. The van der Waals surface area contributed by atoms with Crippen molar-refractivity contribution in [1.29, 1.82) is 0 Å². The lowest BCUT2D eigenvalue weighted by Crippen LogP contribution is -2.51. The van der Waals surface area contributed by atoms with Crippen molar-refractivity contribution in [3.05, 3.63) is 30.3 Å². The summed E-state index contributed by atoms with van der Waals surface area (Å²) in [5, 5.41) is 0. The second kappa shape index (κ2) is 7.29. The van der Waals surface area contributed by atoms with E-state index < -0.39 is 0 Å². The molecular weight excluding hydrogens is 250 g/mol. The summed E-state index contributed by atoms with van der Waals surface area (Å²) in [7, 11) is 0. The van der Waals surface area contributed by atoms with E-state index in [1.807, 2.05) is 11.0 Å². The Morgan fingerprint density at radius 3 is 2.40 bits per heavy atom. The topological polar surface area (TPSA) is 49.6 Å². The molecule has 0 bridgehead atoms. The first-order chi connectivity index (χ1) is 9.76. The third kappa shape index (κ3) is 3.51. The molecule has 1 unspecified atom stereocenters. The lowest BCUT2D eigenvalue weighted by Gasteiger charge is -2.37. The first kappa shape index (κ1) is 14.9. The van der Waals surface area contributed by atoms with Gasteiger partial charge in [0, 0.05) is 38.4 Å². The van der Waals surface area contributed by atoms with Crippen molar-refractivity contribution >= 4 is 11.6 Å². The molecule has 2 rings (SSSR count). The van der Waals surface area contributed by atoms with E-state index in [4.69, 9.17) is 5.73 Å². The minimum absolute atomic E-state index is 0.00303. The Bertz CT molecular complexity index is 413. The fourth-order valence-electron chi connectivity index (χ4n) is 2.77. The van der Waals surface area contributed by atoms with Crippen LogP contribution in [0.2, 0.25) is 0 Å². The fourth-order valence-corrected chi connectivity index (χ4v) is 2.77. The Labute approximate surface area is 121 Å². The van der Waals surface area contributed by atoms with Gasteiger partial charge in [0.1, 0.15) is 0 Å². The Morgan fingerprint density at radius 2 is 1.85 bits per heavy atom. The molecule has 1 aliphatic heterocycles. The van der Waals surface area contributed by atoms with Gasteiger partial charge in [-0.25, -0.2) is 0 Å². The molecule has 1 atom stereocenters. The second-order valence-corrected chi connectivity index (χ2v) is 5.37. The van der Waals surface area contributed by atoms with Crippen LogP contribution in [0.1, 0.15) is 19.8 Å². The molecule has 0 radical (unpaired) electrons. The Hall–Kier alpha value is -1.55. The van der Waals surface area contributed by atoms with Crippen molar-refractivity contribution < 1.29 is 4.79 Å². The number of hydrogen-bond acceptors (Lipinski definition) is 3. The lowest BCUT2D eigenvalue weighted by atomic mass is 10.0. The van der Waals surface area contributed by atoms with Crippen LogP contribution in [0.25, 0.3) is 0 Å². The molecule has 1 heterocycles. The minimum atomic E-state index is 0.00303. The highest BCUT2D eigenvalue weighted by atomic mass is 16.2. The molecule has 0 aromatic heterocycles. The molecule has 1 fully saturated rings. The smallest absolute Gasteiger partial charge is 0.227 e. The summed E-state index contributed by atoms with van der Waals surface area (Å²) in [4.78, 5) is 16.7. The maximum absolute atomic E-state index is 12.4. The first-order valence-corrected chi connectivity index (χ1v) is 7.55. The van der Waals surface area contributed by atoms with Crippen LogP contribution in [0.15, 0.2) is 30.3 Å². The number of nitrogens with two attached hydrogens (primary N) is 1. The van der Waals surface area contributed by atoms with E-state index in [0.29, 0.717) is 6.54 Å². The fraction of sp³-hybridized carbons (Fsp3) is 0.562. The summed E-state index contributed by atoms with van der Waals surface area (Å²) in [6.07, 6.45) is 1.91. The van der Waals surface area contributed by atoms with Crippen molar-refractivity contribution in [3.8, 4) is 0 Å². The summed E-state index contributed by atoms with van der Waals surface area (Å²) >= 11 is 0. The Balaban J connectivity index is 1.89. The predicted molar refractivity (Wildman–Crippen MR) is 82.7 cm³/mol. The van der Waals surface area contributed by atoms with Gasteiger partial charge in [0.15, 0.2) is 0 Å². The molecule has 0 spiro atoms. The summed E-state index contributed by atoms with van der Waals surface area (Å²) in [6.45, 7) is 5.97. The van der Waals surface area contributed by atoms with E-state index in [-0.39, 0.29) is 11.8 Å². The lowest BCUT2D eigenvalue weighted by molar-refractivity contribution is -0.135. The number of piperazine rings is 1. The van der Waals surface area contributed by atoms with Crippen LogP contribution in [0.4, 0.5) is 5.69 Å². The molecule has 1 aromatic carbocycles.